The van der Waals surface area contributed by atoms with Gasteiger partial charge in [-0.15, -0.1) is 0 Å². The summed E-state index contributed by atoms with van der Waals surface area (Å²) in [6.07, 6.45) is 4.42. The van der Waals surface area contributed by atoms with Crippen LogP contribution >= 0.6 is 0 Å². The number of carboxylic acids is 1. The summed E-state index contributed by atoms with van der Waals surface area (Å²) in [7, 11) is 0. The molecule has 5 nitrogen and oxygen atoms in total. The van der Waals surface area contributed by atoms with Crippen LogP contribution in [0.25, 0.3) is 10.9 Å². The van der Waals surface area contributed by atoms with Crippen LogP contribution in [0.15, 0.2) is 36.5 Å². The second-order valence-electron chi connectivity index (χ2n) is 5.77. The Kier molecular flexibility index (Phi) is 4.04. The number of hydrogen-bond donors (Lipinski definition) is 2. The van der Waals surface area contributed by atoms with E-state index in [1.807, 2.05) is 24.3 Å². The van der Waals surface area contributed by atoms with E-state index < -0.39 is 5.97 Å². The van der Waals surface area contributed by atoms with Gasteiger partial charge in [-0.1, -0.05) is 6.07 Å². The van der Waals surface area contributed by atoms with Crippen LogP contribution < -0.4 is 5.32 Å². The third-order valence-corrected chi connectivity index (χ3v) is 4.28. The van der Waals surface area contributed by atoms with Gasteiger partial charge in [-0.05, 0) is 49.9 Å². The second kappa shape index (κ2) is 6.13. The Labute approximate surface area is 128 Å². The number of fused-ring (bicyclic) bond motifs is 1. The van der Waals surface area contributed by atoms with Crippen molar-refractivity contribution in [3.05, 3.63) is 42.1 Å². The Morgan fingerprint density at radius 3 is 2.64 bits per heavy atom. The number of rotatable bonds is 3. The topological polar surface area (TPSA) is 79.3 Å². The molecule has 0 unspecified atom stereocenters. The lowest BCUT2D eigenvalue weighted by atomic mass is 9.86. The van der Waals surface area contributed by atoms with E-state index in [4.69, 9.17) is 5.11 Å². The minimum atomic E-state index is -0.730. The van der Waals surface area contributed by atoms with Crippen LogP contribution in [0.5, 0.6) is 0 Å². The summed E-state index contributed by atoms with van der Waals surface area (Å²) in [5.74, 6) is -1.10. The van der Waals surface area contributed by atoms with Crippen LogP contribution in [0.1, 0.15) is 36.0 Å². The van der Waals surface area contributed by atoms with Crippen molar-refractivity contribution >= 4 is 22.8 Å². The highest BCUT2D eigenvalue weighted by molar-refractivity contribution is 5.98. The maximum absolute atomic E-state index is 12.3. The van der Waals surface area contributed by atoms with Gasteiger partial charge in [-0.25, -0.2) is 0 Å². The second-order valence-corrected chi connectivity index (χ2v) is 5.77. The molecule has 1 aliphatic carbocycles. The van der Waals surface area contributed by atoms with Crippen molar-refractivity contribution in [3.8, 4) is 0 Å². The maximum atomic E-state index is 12.3. The van der Waals surface area contributed by atoms with Crippen molar-refractivity contribution in [2.45, 2.75) is 31.7 Å². The van der Waals surface area contributed by atoms with Crippen LogP contribution in [-0.2, 0) is 4.79 Å². The molecule has 5 heteroatoms. The van der Waals surface area contributed by atoms with Crippen molar-refractivity contribution in [1.82, 2.24) is 10.3 Å². The Hall–Kier alpha value is -2.43. The first-order valence-corrected chi connectivity index (χ1v) is 7.52. The van der Waals surface area contributed by atoms with Crippen LogP contribution in [-0.4, -0.2) is 28.0 Å². The lowest BCUT2D eigenvalue weighted by Gasteiger charge is -2.26. The standard InChI is InChI=1S/C17H18N2O3/c20-16(19-14-6-3-11(4-7-14)17(21)22)13-5-8-15-12(10-13)2-1-9-18-15/h1-2,5,8-11,14H,3-4,6-7H2,(H,19,20)(H,21,22). The van der Waals surface area contributed by atoms with Crippen molar-refractivity contribution in [2.75, 3.05) is 0 Å². The third kappa shape index (κ3) is 3.08. The first-order chi connectivity index (χ1) is 10.6. The fourth-order valence-electron chi connectivity index (χ4n) is 2.97. The summed E-state index contributed by atoms with van der Waals surface area (Å²) in [5.41, 5.74) is 1.47. The van der Waals surface area contributed by atoms with Crippen molar-refractivity contribution in [1.29, 1.82) is 0 Å². The molecule has 1 saturated carbocycles. The zero-order valence-electron chi connectivity index (χ0n) is 12.2. The summed E-state index contributed by atoms with van der Waals surface area (Å²) in [6, 6.07) is 9.28. The molecule has 22 heavy (non-hydrogen) atoms. The van der Waals surface area contributed by atoms with Gasteiger partial charge in [0.1, 0.15) is 0 Å². The number of nitrogens with one attached hydrogen (secondary N) is 1. The van der Waals surface area contributed by atoms with Crippen LogP contribution in [0.4, 0.5) is 0 Å². The molecular weight excluding hydrogens is 280 g/mol. The summed E-state index contributed by atoms with van der Waals surface area (Å²) in [6.45, 7) is 0. The quantitative estimate of drug-likeness (QED) is 0.913. The molecule has 0 aliphatic heterocycles. The Bertz CT molecular complexity index is 706. The van der Waals surface area contributed by atoms with Gasteiger partial charge in [0.2, 0.25) is 0 Å². The number of carbonyl (C=O) groups excluding carboxylic acids is 1. The molecule has 1 aromatic heterocycles. The smallest absolute Gasteiger partial charge is 0.306 e. The Balaban J connectivity index is 1.65. The van der Waals surface area contributed by atoms with Gasteiger partial charge < -0.3 is 10.4 Å². The number of aromatic nitrogens is 1. The molecule has 0 saturated heterocycles. The number of nitrogens with zero attached hydrogens (tertiary/aromatic N) is 1. The number of amides is 1. The van der Waals surface area contributed by atoms with Gasteiger partial charge in [0.25, 0.3) is 5.91 Å². The number of aliphatic carboxylic acids is 1. The van der Waals surface area contributed by atoms with Gasteiger partial charge in [-0.3, -0.25) is 14.6 Å². The van der Waals surface area contributed by atoms with Crippen LogP contribution in [0, 0.1) is 5.92 Å². The van der Waals surface area contributed by atoms with E-state index in [1.165, 1.54) is 0 Å². The first-order valence-electron chi connectivity index (χ1n) is 7.52. The van der Waals surface area contributed by atoms with Crippen molar-refractivity contribution in [2.24, 2.45) is 5.92 Å². The van der Waals surface area contributed by atoms with Gasteiger partial charge in [0, 0.05) is 23.2 Å². The highest BCUT2D eigenvalue weighted by Crippen LogP contribution is 2.24. The monoisotopic (exact) mass is 298 g/mol. The largest absolute Gasteiger partial charge is 0.481 e. The minimum absolute atomic E-state index is 0.0627. The van der Waals surface area contributed by atoms with Gasteiger partial charge in [0.05, 0.1) is 11.4 Å². The zero-order chi connectivity index (χ0) is 15.5. The maximum Gasteiger partial charge on any atom is 0.306 e. The minimum Gasteiger partial charge on any atom is -0.481 e. The lowest BCUT2D eigenvalue weighted by Crippen LogP contribution is -2.38. The first kappa shape index (κ1) is 14.5. The molecule has 1 aliphatic rings. The number of carbonyl (C=O) groups is 2. The van der Waals surface area contributed by atoms with Gasteiger partial charge >= 0.3 is 5.97 Å². The van der Waals surface area contributed by atoms with Crippen LogP contribution in [0.2, 0.25) is 0 Å². The van der Waals surface area contributed by atoms with Crippen molar-refractivity contribution < 1.29 is 14.7 Å². The van der Waals surface area contributed by atoms with Crippen LogP contribution in [0.3, 0.4) is 0 Å². The molecule has 0 bridgehead atoms. The van der Waals surface area contributed by atoms with Gasteiger partial charge in [0.15, 0.2) is 0 Å². The molecule has 1 heterocycles. The molecule has 0 atom stereocenters. The van der Waals surface area contributed by atoms with E-state index in [9.17, 15) is 9.59 Å². The molecule has 0 spiro atoms. The number of carboxylic acid groups (broad SMARTS) is 1. The predicted molar refractivity (Wildman–Crippen MR) is 82.6 cm³/mol. The highest BCUT2D eigenvalue weighted by Gasteiger charge is 2.26. The van der Waals surface area contributed by atoms with E-state index in [0.717, 1.165) is 23.7 Å². The molecule has 1 aromatic carbocycles. The SMILES string of the molecule is O=C(NC1CCC(C(=O)O)CC1)c1ccc2ncccc2c1. The lowest BCUT2D eigenvalue weighted by molar-refractivity contribution is -0.142. The van der Waals surface area contributed by atoms with E-state index in [2.05, 4.69) is 10.3 Å². The summed E-state index contributed by atoms with van der Waals surface area (Å²) in [5, 5.41) is 12.9. The fraction of sp³-hybridized carbons (Fsp3) is 0.353. The zero-order valence-corrected chi connectivity index (χ0v) is 12.2. The van der Waals surface area contributed by atoms with E-state index >= 15 is 0 Å². The average molecular weight is 298 g/mol. The van der Waals surface area contributed by atoms with E-state index in [0.29, 0.717) is 18.4 Å². The molecule has 2 N–H and O–H groups in total. The molecular formula is C17H18N2O3. The fourth-order valence-corrected chi connectivity index (χ4v) is 2.97. The molecule has 2 aromatic rings. The Morgan fingerprint density at radius 1 is 1.14 bits per heavy atom. The molecule has 0 radical (unpaired) electrons. The Morgan fingerprint density at radius 2 is 1.91 bits per heavy atom. The average Bonchev–Trinajstić information content (AvgIpc) is 2.55. The summed E-state index contributed by atoms with van der Waals surface area (Å²) < 4.78 is 0. The summed E-state index contributed by atoms with van der Waals surface area (Å²) >= 11 is 0. The molecule has 1 fully saturated rings. The van der Waals surface area contributed by atoms with Crippen molar-refractivity contribution in [3.63, 3.8) is 0 Å². The normalized spacial score (nSPS) is 21.5. The number of benzene rings is 1. The predicted octanol–water partition coefficient (Wildman–Crippen LogP) is 2.61. The van der Waals surface area contributed by atoms with Gasteiger partial charge in [-0.2, -0.15) is 0 Å². The van der Waals surface area contributed by atoms with E-state index in [1.54, 1.807) is 12.3 Å². The third-order valence-electron chi connectivity index (χ3n) is 4.28. The number of pyridine rings is 1. The number of hydrogen-bond acceptors (Lipinski definition) is 3. The summed E-state index contributed by atoms with van der Waals surface area (Å²) in [4.78, 5) is 27.5. The van der Waals surface area contributed by atoms with E-state index in [-0.39, 0.29) is 17.9 Å². The molecule has 114 valence electrons. The highest BCUT2D eigenvalue weighted by atomic mass is 16.4. The molecule has 3 rings (SSSR count). The molecule has 1 amide bonds.